The molecule has 0 aromatic heterocycles. The predicted molar refractivity (Wildman–Crippen MR) is 123 cm³/mol. The number of benzene rings is 2. The molecule has 0 aliphatic rings. The molecule has 0 heterocycles. The van der Waals surface area contributed by atoms with Crippen LogP contribution in [0.1, 0.15) is 50.7 Å². The molecule has 0 fully saturated rings. The molecule has 0 aliphatic heterocycles. The van der Waals surface area contributed by atoms with Crippen LogP contribution in [0.4, 0.5) is 4.39 Å². The minimum absolute atomic E-state index is 0.0832. The second-order valence-corrected chi connectivity index (χ2v) is 7.99. The van der Waals surface area contributed by atoms with E-state index >= 15 is 0 Å². The molecule has 0 aliphatic carbocycles. The van der Waals surface area contributed by atoms with Crippen LogP contribution in [-0.4, -0.2) is 36.7 Å². The van der Waals surface area contributed by atoms with Gasteiger partial charge in [-0.25, -0.2) is 4.39 Å². The minimum atomic E-state index is -1.10. The number of aliphatic hydroxyl groups excluding tert-OH is 1. The van der Waals surface area contributed by atoms with Crippen LogP contribution in [0.25, 0.3) is 17.2 Å². The number of carbonyl (C=O) groups is 2. The summed E-state index contributed by atoms with van der Waals surface area (Å²) in [6, 6.07) is 7.76. The van der Waals surface area contributed by atoms with Gasteiger partial charge in [0.15, 0.2) is 0 Å². The largest absolute Gasteiger partial charge is 0.495 e. The van der Waals surface area contributed by atoms with Gasteiger partial charge >= 0.3 is 5.97 Å². The zero-order chi connectivity index (χ0) is 23.8. The van der Waals surface area contributed by atoms with Gasteiger partial charge in [0.2, 0.25) is 0 Å². The number of ether oxygens (including phenoxy) is 2. The fraction of sp³-hybridized carbons (Fsp3) is 0.360. The Bertz CT molecular complexity index is 983. The van der Waals surface area contributed by atoms with Gasteiger partial charge in [-0.3, -0.25) is 9.59 Å². The topological polar surface area (TPSA) is 72.8 Å². The quantitative estimate of drug-likeness (QED) is 0.369. The number of hydrogen-bond acceptors (Lipinski definition) is 5. The molecule has 0 amide bonds. The third-order valence-electron chi connectivity index (χ3n) is 4.83. The van der Waals surface area contributed by atoms with E-state index in [4.69, 9.17) is 21.1 Å². The summed E-state index contributed by atoms with van der Waals surface area (Å²) in [7, 11) is 1.50. The first kappa shape index (κ1) is 25.6. The summed E-state index contributed by atoms with van der Waals surface area (Å²) in [5.74, 6) is -0.893. The van der Waals surface area contributed by atoms with Crippen LogP contribution >= 0.6 is 11.6 Å². The van der Waals surface area contributed by atoms with Crippen LogP contribution in [0.15, 0.2) is 36.4 Å². The van der Waals surface area contributed by atoms with Crippen LogP contribution < -0.4 is 4.74 Å². The van der Waals surface area contributed by atoms with E-state index in [2.05, 4.69) is 0 Å². The van der Waals surface area contributed by atoms with Crippen molar-refractivity contribution in [2.24, 2.45) is 0 Å². The van der Waals surface area contributed by atoms with E-state index in [9.17, 15) is 19.1 Å². The molecule has 32 heavy (non-hydrogen) atoms. The molecular weight excluding hydrogens is 435 g/mol. The number of rotatable bonds is 10. The Morgan fingerprint density at radius 3 is 2.44 bits per heavy atom. The highest BCUT2D eigenvalue weighted by molar-refractivity contribution is 6.32. The van der Waals surface area contributed by atoms with E-state index in [-0.39, 0.29) is 31.2 Å². The first-order chi connectivity index (χ1) is 15.2. The lowest BCUT2D eigenvalue weighted by molar-refractivity contribution is -0.145. The molecule has 0 saturated carbocycles. The van der Waals surface area contributed by atoms with Gasteiger partial charge in [0.1, 0.15) is 23.8 Å². The van der Waals surface area contributed by atoms with Gasteiger partial charge in [0, 0.05) is 12.0 Å². The van der Waals surface area contributed by atoms with E-state index in [1.807, 2.05) is 13.8 Å². The summed E-state index contributed by atoms with van der Waals surface area (Å²) in [6.45, 7) is 5.86. The summed E-state index contributed by atoms with van der Waals surface area (Å²) in [5, 5.41) is 10.8. The van der Waals surface area contributed by atoms with Gasteiger partial charge in [-0.15, -0.1) is 0 Å². The Morgan fingerprint density at radius 2 is 1.88 bits per heavy atom. The van der Waals surface area contributed by atoms with Gasteiger partial charge in [0.25, 0.3) is 0 Å². The second-order valence-electron chi connectivity index (χ2n) is 7.58. The summed E-state index contributed by atoms with van der Waals surface area (Å²) in [6.07, 6.45) is 1.49. The Balaban J connectivity index is 2.45. The minimum Gasteiger partial charge on any atom is -0.495 e. The van der Waals surface area contributed by atoms with Crippen molar-refractivity contribution in [3.63, 3.8) is 0 Å². The number of Topliss-reactive ketones (excluding diaryl/α,β-unsaturated/α-hetero) is 1. The molecule has 5 nitrogen and oxygen atoms in total. The van der Waals surface area contributed by atoms with Crippen molar-refractivity contribution < 1.29 is 28.6 Å². The smallest absolute Gasteiger partial charge is 0.313 e. The molecular formula is C25H28ClFO5. The van der Waals surface area contributed by atoms with Crippen LogP contribution in [-0.2, 0) is 14.3 Å². The molecule has 172 valence electrons. The maximum atomic E-state index is 13.5. The highest BCUT2D eigenvalue weighted by atomic mass is 35.5. The fourth-order valence-electron chi connectivity index (χ4n) is 3.38. The Morgan fingerprint density at radius 1 is 1.22 bits per heavy atom. The lowest BCUT2D eigenvalue weighted by Crippen LogP contribution is -2.16. The van der Waals surface area contributed by atoms with E-state index in [0.717, 1.165) is 11.1 Å². The number of carbonyl (C=O) groups excluding carboxylic acids is 2. The van der Waals surface area contributed by atoms with Gasteiger partial charge < -0.3 is 14.6 Å². The highest BCUT2D eigenvalue weighted by Crippen LogP contribution is 2.43. The Labute approximate surface area is 192 Å². The number of methoxy groups -OCH3 is 1. The SMILES string of the molecule is CCOC(=O)CC(=O)CC(O)C=Cc1c(C(C)C)cc(Cl)c(OC)c1-c1ccc(F)cc1. The molecule has 2 aromatic rings. The number of ketones is 1. The average molecular weight is 463 g/mol. The molecule has 1 unspecified atom stereocenters. The standard InChI is InChI=1S/C25H28ClFO5/c1-5-32-23(30)13-19(29)12-18(28)10-11-20-21(15(2)3)14-22(26)25(31-4)24(20)16-6-8-17(27)9-7-16/h6-11,14-15,18,28H,5,12-13H2,1-4H3. The maximum absolute atomic E-state index is 13.5. The highest BCUT2D eigenvalue weighted by Gasteiger charge is 2.20. The molecule has 7 heteroatoms. The zero-order valence-corrected chi connectivity index (χ0v) is 19.4. The van der Waals surface area contributed by atoms with Crippen molar-refractivity contribution in [2.45, 2.75) is 45.6 Å². The normalized spacial score (nSPS) is 12.2. The second kappa shape index (κ2) is 11.8. The van der Waals surface area contributed by atoms with Gasteiger partial charge in [0.05, 0.1) is 24.8 Å². The van der Waals surface area contributed by atoms with Crippen molar-refractivity contribution in [3.05, 3.63) is 58.4 Å². The van der Waals surface area contributed by atoms with Gasteiger partial charge in [-0.2, -0.15) is 0 Å². The predicted octanol–water partition coefficient (Wildman–Crippen LogP) is 5.56. The Kier molecular flexibility index (Phi) is 9.42. The first-order valence-electron chi connectivity index (χ1n) is 10.4. The average Bonchev–Trinajstić information content (AvgIpc) is 2.72. The van der Waals surface area contributed by atoms with Crippen LogP contribution in [0.3, 0.4) is 0 Å². The molecule has 2 aromatic carbocycles. The van der Waals surface area contributed by atoms with Crippen molar-refractivity contribution in [3.8, 4) is 16.9 Å². The molecule has 0 saturated heterocycles. The van der Waals surface area contributed by atoms with Crippen molar-refractivity contribution in [1.82, 2.24) is 0 Å². The number of aliphatic hydroxyl groups is 1. The van der Waals surface area contributed by atoms with Crippen LogP contribution in [0.5, 0.6) is 5.75 Å². The lowest BCUT2D eigenvalue weighted by atomic mass is 9.88. The summed E-state index contributed by atoms with van der Waals surface area (Å²) in [4.78, 5) is 23.5. The lowest BCUT2D eigenvalue weighted by Gasteiger charge is -2.20. The van der Waals surface area contributed by atoms with E-state index in [0.29, 0.717) is 21.9 Å². The summed E-state index contributed by atoms with van der Waals surface area (Å²) in [5.41, 5.74) is 2.99. The molecule has 0 radical (unpaired) electrons. The van der Waals surface area contributed by atoms with Gasteiger partial charge in [-0.1, -0.05) is 49.7 Å². The van der Waals surface area contributed by atoms with Crippen LogP contribution in [0.2, 0.25) is 5.02 Å². The first-order valence-corrected chi connectivity index (χ1v) is 10.8. The van der Waals surface area contributed by atoms with Gasteiger partial charge in [-0.05, 0) is 47.7 Å². The summed E-state index contributed by atoms with van der Waals surface area (Å²) < 4.78 is 23.8. The fourth-order valence-corrected chi connectivity index (χ4v) is 3.67. The molecule has 1 atom stereocenters. The third-order valence-corrected chi connectivity index (χ3v) is 5.12. The summed E-state index contributed by atoms with van der Waals surface area (Å²) >= 11 is 6.48. The maximum Gasteiger partial charge on any atom is 0.313 e. The van der Waals surface area contributed by atoms with Crippen LogP contribution in [0, 0.1) is 5.82 Å². The number of halogens is 2. The molecule has 1 N–H and O–H groups in total. The molecule has 0 spiro atoms. The van der Waals surface area contributed by atoms with Crippen molar-refractivity contribution in [2.75, 3.05) is 13.7 Å². The van der Waals surface area contributed by atoms with Crippen molar-refractivity contribution >= 4 is 29.4 Å². The Hall–Kier alpha value is -2.70. The number of hydrogen-bond donors (Lipinski definition) is 1. The molecule has 2 rings (SSSR count). The third kappa shape index (κ3) is 6.65. The number of esters is 1. The van der Waals surface area contributed by atoms with E-state index in [1.165, 1.54) is 25.3 Å². The van der Waals surface area contributed by atoms with E-state index < -0.39 is 17.9 Å². The van der Waals surface area contributed by atoms with Crippen molar-refractivity contribution in [1.29, 1.82) is 0 Å². The molecule has 0 bridgehead atoms. The zero-order valence-electron chi connectivity index (χ0n) is 18.7. The monoisotopic (exact) mass is 462 g/mol. The van der Waals surface area contributed by atoms with E-state index in [1.54, 1.807) is 31.2 Å².